The number of nitrogens with zero attached hydrogens (tertiary/aromatic N) is 3. The molecule has 8 aromatic carbocycles. The Morgan fingerprint density at radius 3 is 1.60 bits per heavy atom. The van der Waals surface area contributed by atoms with Crippen LogP contribution in [0.4, 0.5) is 0 Å². The summed E-state index contributed by atoms with van der Waals surface area (Å²) in [6, 6.07) is 63.0. The van der Waals surface area contributed by atoms with Crippen LogP contribution in [0.2, 0.25) is 0 Å². The van der Waals surface area contributed by atoms with Gasteiger partial charge >= 0.3 is 0 Å². The molecule has 0 saturated heterocycles. The largest absolute Gasteiger partial charge is 0.211 e. The van der Waals surface area contributed by atoms with E-state index >= 15 is 0 Å². The molecule has 242 valence electrons. The number of fused-ring (bicyclic) bond motifs is 10. The van der Waals surface area contributed by atoms with Gasteiger partial charge < -0.3 is 0 Å². The van der Waals surface area contributed by atoms with Crippen LogP contribution in [0.1, 0.15) is 22.5 Å². The maximum Gasteiger partial charge on any atom is 0.163 e. The minimum atomic E-state index is -0.819. The Balaban J connectivity index is 1.29. The van der Waals surface area contributed by atoms with Crippen molar-refractivity contribution in [1.82, 2.24) is 15.0 Å². The predicted octanol–water partition coefficient (Wildman–Crippen LogP) is 12.2. The minimum absolute atomic E-state index is 0.655. The molecular formula is C48H29N3S. The molecule has 1 aliphatic rings. The van der Waals surface area contributed by atoms with Crippen molar-refractivity contribution in [2.75, 3.05) is 0 Å². The van der Waals surface area contributed by atoms with Crippen LogP contribution in [0.3, 0.4) is 0 Å². The molecule has 1 aliphatic carbocycles. The van der Waals surface area contributed by atoms with E-state index in [4.69, 9.17) is 15.0 Å². The summed E-state index contributed by atoms with van der Waals surface area (Å²) in [4.78, 5) is 16.3. The number of aromatic nitrogens is 3. The van der Waals surface area contributed by atoms with Crippen molar-refractivity contribution in [3.63, 3.8) is 0 Å². The highest BCUT2D eigenvalue weighted by molar-refractivity contribution is 7.25. The lowest BCUT2D eigenvalue weighted by Crippen LogP contribution is -2.31. The lowest BCUT2D eigenvalue weighted by atomic mass is 9.71. The molecule has 4 heteroatoms. The van der Waals surface area contributed by atoms with Gasteiger partial charge in [0.05, 0.1) is 0 Å². The molecule has 0 fully saturated rings. The Hall–Kier alpha value is -6.49. The third-order valence-corrected chi connectivity index (χ3v) is 11.9. The molecule has 0 radical (unpaired) electrons. The van der Waals surface area contributed by atoms with Crippen molar-refractivity contribution in [1.29, 1.82) is 0 Å². The molecule has 0 spiro atoms. The zero-order chi connectivity index (χ0) is 34.2. The Morgan fingerprint density at radius 2 is 0.923 bits per heavy atom. The first-order valence-electron chi connectivity index (χ1n) is 17.6. The Labute approximate surface area is 304 Å². The molecule has 11 rings (SSSR count). The molecule has 0 aliphatic heterocycles. The minimum Gasteiger partial charge on any atom is -0.211 e. The van der Waals surface area contributed by atoms with Crippen molar-refractivity contribution in [2.45, 2.75) is 5.41 Å². The van der Waals surface area contributed by atoms with Gasteiger partial charge in [-0.05, 0) is 73.6 Å². The van der Waals surface area contributed by atoms with Crippen molar-refractivity contribution in [3.8, 4) is 33.9 Å². The average Bonchev–Trinajstić information content (AvgIpc) is 3.75. The molecule has 2 aromatic heterocycles. The van der Waals surface area contributed by atoms with Crippen LogP contribution < -0.4 is 0 Å². The van der Waals surface area contributed by atoms with Gasteiger partial charge in [-0.3, -0.25) is 0 Å². The van der Waals surface area contributed by atoms with E-state index in [1.54, 1.807) is 0 Å². The Bertz CT molecular complexity index is 2940. The third kappa shape index (κ3) is 4.16. The van der Waals surface area contributed by atoms with Gasteiger partial charge in [0.15, 0.2) is 17.5 Å². The van der Waals surface area contributed by atoms with Gasteiger partial charge in [-0.25, -0.2) is 15.0 Å². The fourth-order valence-corrected chi connectivity index (χ4v) is 9.56. The quantitative estimate of drug-likeness (QED) is 0.186. The first kappa shape index (κ1) is 29.3. The summed E-state index contributed by atoms with van der Waals surface area (Å²) in [5.41, 5.74) is 7.06. The molecular weight excluding hydrogens is 651 g/mol. The van der Waals surface area contributed by atoms with E-state index in [1.165, 1.54) is 64.0 Å². The predicted molar refractivity (Wildman–Crippen MR) is 216 cm³/mol. The Morgan fingerprint density at radius 1 is 0.385 bits per heavy atom. The van der Waals surface area contributed by atoms with E-state index < -0.39 is 5.41 Å². The number of rotatable bonds is 4. The molecule has 3 nitrogen and oxygen atoms in total. The summed E-state index contributed by atoms with van der Waals surface area (Å²) in [7, 11) is 0. The molecule has 10 aromatic rings. The van der Waals surface area contributed by atoms with Crippen LogP contribution in [-0.4, -0.2) is 15.0 Å². The molecule has 52 heavy (non-hydrogen) atoms. The highest BCUT2D eigenvalue weighted by Crippen LogP contribution is 2.59. The fraction of sp³-hybridized carbons (Fsp3) is 0.0208. The van der Waals surface area contributed by atoms with Crippen LogP contribution in [0, 0.1) is 0 Å². The average molecular weight is 680 g/mol. The monoisotopic (exact) mass is 679 g/mol. The third-order valence-electron chi connectivity index (χ3n) is 10.8. The van der Waals surface area contributed by atoms with Gasteiger partial charge in [0.25, 0.3) is 0 Å². The van der Waals surface area contributed by atoms with E-state index in [1.807, 2.05) is 29.5 Å². The number of benzene rings is 8. The van der Waals surface area contributed by atoms with Crippen LogP contribution in [0.25, 0.3) is 75.6 Å². The normalized spacial score (nSPS) is 13.2. The first-order valence-corrected chi connectivity index (χ1v) is 18.4. The number of hydrogen-bond acceptors (Lipinski definition) is 4. The molecule has 0 bridgehead atoms. The van der Waals surface area contributed by atoms with Crippen LogP contribution in [0.15, 0.2) is 176 Å². The fourth-order valence-electron chi connectivity index (χ4n) is 8.48. The van der Waals surface area contributed by atoms with Crippen LogP contribution in [0.5, 0.6) is 0 Å². The number of thiophene rings is 1. The van der Waals surface area contributed by atoms with Gasteiger partial charge in [-0.15, -0.1) is 11.3 Å². The van der Waals surface area contributed by atoms with Gasteiger partial charge in [0.2, 0.25) is 0 Å². The van der Waals surface area contributed by atoms with Gasteiger partial charge in [-0.1, -0.05) is 152 Å². The standard InChI is InChI=1S/C48H29N3S/c1-3-15-32(16-4-1)45-49-46(33-25-28-42-38(29-33)37-21-11-12-22-41(37)52-42)51-47(50-45)48(34-17-5-2-6-18-34)39-26-23-30-13-7-9-19-35(30)43(39)44-36-20-10-8-14-31(36)24-27-40(44)48/h1-29H. The molecule has 2 heterocycles. The van der Waals surface area contributed by atoms with E-state index in [0.29, 0.717) is 17.5 Å². The maximum absolute atomic E-state index is 5.57. The van der Waals surface area contributed by atoms with Crippen LogP contribution in [-0.2, 0) is 5.41 Å². The second kappa shape index (κ2) is 11.3. The summed E-state index contributed by atoms with van der Waals surface area (Å²) in [5, 5.41) is 7.34. The highest BCUT2D eigenvalue weighted by Gasteiger charge is 2.50. The molecule has 0 unspecified atom stereocenters. The van der Waals surface area contributed by atoms with E-state index in [9.17, 15) is 0 Å². The summed E-state index contributed by atoms with van der Waals surface area (Å²) < 4.78 is 2.53. The topological polar surface area (TPSA) is 38.7 Å². The SMILES string of the molecule is c1ccc(-c2nc(-c3ccc4sc5ccccc5c4c3)nc(C3(c4ccccc4)c4ccc5ccccc5c4-c4c3ccc3ccccc43)n2)cc1. The summed E-state index contributed by atoms with van der Waals surface area (Å²) in [6.07, 6.45) is 0. The van der Waals surface area contributed by atoms with E-state index in [-0.39, 0.29) is 0 Å². The summed E-state index contributed by atoms with van der Waals surface area (Å²) in [5.74, 6) is 2.03. The van der Waals surface area contributed by atoms with Crippen molar-refractivity contribution >= 4 is 53.1 Å². The van der Waals surface area contributed by atoms with E-state index in [0.717, 1.165) is 16.7 Å². The van der Waals surface area contributed by atoms with Crippen molar-refractivity contribution in [2.24, 2.45) is 0 Å². The highest BCUT2D eigenvalue weighted by atomic mass is 32.1. The van der Waals surface area contributed by atoms with Gasteiger partial charge in [0.1, 0.15) is 5.41 Å². The van der Waals surface area contributed by atoms with Gasteiger partial charge in [-0.2, -0.15) is 0 Å². The lowest BCUT2D eigenvalue weighted by Gasteiger charge is -2.32. The summed E-state index contributed by atoms with van der Waals surface area (Å²) >= 11 is 1.82. The lowest BCUT2D eigenvalue weighted by molar-refractivity contribution is 0.693. The second-order valence-corrected chi connectivity index (χ2v) is 14.6. The van der Waals surface area contributed by atoms with Crippen molar-refractivity contribution in [3.05, 3.63) is 198 Å². The van der Waals surface area contributed by atoms with E-state index in [2.05, 4.69) is 158 Å². The molecule has 0 N–H and O–H groups in total. The second-order valence-electron chi connectivity index (χ2n) is 13.5. The van der Waals surface area contributed by atoms with Crippen molar-refractivity contribution < 1.29 is 0 Å². The summed E-state index contributed by atoms with van der Waals surface area (Å²) in [6.45, 7) is 0. The smallest absolute Gasteiger partial charge is 0.163 e. The van der Waals surface area contributed by atoms with Crippen LogP contribution >= 0.6 is 11.3 Å². The maximum atomic E-state index is 5.57. The van der Waals surface area contributed by atoms with Gasteiger partial charge in [0, 0.05) is 31.3 Å². The molecule has 0 amide bonds. The zero-order valence-electron chi connectivity index (χ0n) is 28.0. The zero-order valence-corrected chi connectivity index (χ0v) is 28.8. The number of hydrogen-bond donors (Lipinski definition) is 0. The first-order chi connectivity index (χ1) is 25.8. The molecule has 0 saturated carbocycles. The molecule has 0 atom stereocenters. The Kier molecular flexibility index (Phi) is 6.34.